The number of rotatable bonds is 19. The zero-order chi connectivity index (χ0) is 22.0. The number of ether oxygens (including phenoxy) is 1. The largest absolute Gasteiger partial charge is 0.493 e. The molecule has 0 spiro atoms. The Labute approximate surface area is 181 Å². The summed E-state index contributed by atoms with van der Waals surface area (Å²) in [6, 6.07) is 6.38. The average molecular weight is 421 g/mol. The van der Waals surface area contributed by atoms with E-state index in [1.807, 2.05) is 0 Å². The van der Waals surface area contributed by atoms with Crippen LogP contribution in [0.15, 0.2) is 18.2 Å². The van der Waals surface area contributed by atoms with Crippen LogP contribution in [0.3, 0.4) is 0 Å². The number of benzene rings is 1. The lowest BCUT2D eigenvalue weighted by molar-refractivity contribution is -0.138. The molecule has 1 rings (SSSR count). The highest BCUT2D eigenvalue weighted by molar-refractivity contribution is 5.66. The van der Waals surface area contributed by atoms with Crippen LogP contribution >= 0.6 is 0 Å². The minimum Gasteiger partial charge on any atom is -0.493 e. The maximum absolute atomic E-state index is 10.6. The number of aliphatic carboxylic acids is 2. The van der Waals surface area contributed by atoms with Gasteiger partial charge in [-0.15, -0.1) is 0 Å². The van der Waals surface area contributed by atoms with Crippen molar-refractivity contribution >= 4 is 11.9 Å². The van der Waals surface area contributed by atoms with E-state index in [0.717, 1.165) is 95.8 Å². The molecule has 170 valence electrons. The molecule has 1 aromatic rings. The Kier molecular flexibility index (Phi) is 14.5. The lowest BCUT2D eigenvalue weighted by Crippen LogP contribution is -2.03. The van der Waals surface area contributed by atoms with Gasteiger partial charge < -0.3 is 14.9 Å². The first-order valence-corrected chi connectivity index (χ1v) is 11.7. The maximum Gasteiger partial charge on any atom is 0.303 e. The van der Waals surface area contributed by atoms with Crippen LogP contribution in [-0.4, -0.2) is 28.8 Å². The van der Waals surface area contributed by atoms with E-state index in [4.69, 9.17) is 14.9 Å². The van der Waals surface area contributed by atoms with Crippen molar-refractivity contribution in [2.75, 3.05) is 6.61 Å². The molecule has 5 nitrogen and oxygen atoms in total. The summed E-state index contributed by atoms with van der Waals surface area (Å²) in [4.78, 5) is 21.2. The molecule has 0 aliphatic rings. The zero-order valence-corrected chi connectivity index (χ0v) is 18.7. The Balaban J connectivity index is 2.46. The second-order valence-corrected chi connectivity index (χ2v) is 8.07. The highest BCUT2D eigenvalue weighted by Gasteiger charge is 2.10. The third-order valence-corrected chi connectivity index (χ3v) is 5.35. The number of carboxylic acid groups (broad SMARTS) is 2. The van der Waals surface area contributed by atoms with Crippen LogP contribution in [0, 0.1) is 0 Å². The average Bonchev–Trinajstić information content (AvgIpc) is 2.71. The minimum absolute atomic E-state index is 0.272. The van der Waals surface area contributed by atoms with Crippen molar-refractivity contribution in [1.29, 1.82) is 0 Å². The Morgan fingerprint density at radius 3 is 1.87 bits per heavy atom. The van der Waals surface area contributed by atoms with Crippen LogP contribution in [0.5, 0.6) is 5.75 Å². The Bertz CT molecular complexity index is 612. The van der Waals surface area contributed by atoms with Gasteiger partial charge in [0.25, 0.3) is 0 Å². The lowest BCUT2D eigenvalue weighted by atomic mass is 9.95. The van der Waals surface area contributed by atoms with Gasteiger partial charge in [0.1, 0.15) is 5.75 Å². The van der Waals surface area contributed by atoms with Gasteiger partial charge >= 0.3 is 11.9 Å². The molecule has 0 aliphatic carbocycles. The molecule has 5 heteroatoms. The first-order chi connectivity index (χ1) is 14.5. The Morgan fingerprint density at radius 1 is 0.767 bits per heavy atom. The Hall–Kier alpha value is -2.04. The molecule has 0 fully saturated rings. The first-order valence-electron chi connectivity index (χ1n) is 11.7. The topological polar surface area (TPSA) is 83.8 Å². The summed E-state index contributed by atoms with van der Waals surface area (Å²) in [6.45, 7) is 2.85. The third kappa shape index (κ3) is 12.5. The fourth-order valence-corrected chi connectivity index (χ4v) is 3.71. The summed E-state index contributed by atoms with van der Waals surface area (Å²) < 4.78 is 6.01. The number of hydrogen-bond donors (Lipinski definition) is 2. The van der Waals surface area contributed by atoms with Gasteiger partial charge in [-0.3, -0.25) is 9.59 Å². The van der Waals surface area contributed by atoms with Crippen molar-refractivity contribution in [1.82, 2.24) is 0 Å². The van der Waals surface area contributed by atoms with E-state index in [-0.39, 0.29) is 12.8 Å². The van der Waals surface area contributed by atoms with Crippen molar-refractivity contribution in [3.8, 4) is 5.75 Å². The van der Waals surface area contributed by atoms with Gasteiger partial charge in [-0.1, -0.05) is 57.6 Å². The van der Waals surface area contributed by atoms with E-state index < -0.39 is 11.9 Å². The van der Waals surface area contributed by atoms with Crippen LogP contribution < -0.4 is 4.74 Å². The van der Waals surface area contributed by atoms with Gasteiger partial charge in [0.05, 0.1) is 6.61 Å². The summed E-state index contributed by atoms with van der Waals surface area (Å²) in [5.74, 6) is -0.393. The predicted molar refractivity (Wildman–Crippen MR) is 120 cm³/mol. The normalized spacial score (nSPS) is 10.8. The highest BCUT2D eigenvalue weighted by atomic mass is 16.5. The molecule has 0 unspecified atom stereocenters. The summed E-state index contributed by atoms with van der Waals surface area (Å²) in [7, 11) is 0. The van der Waals surface area contributed by atoms with Crippen molar-refractivity contribution in [3.63, 3.8) is 0 Å². The summed E-state index contributed by atoms with van der Waals surface area (Å²) in [5, 5.41) is 17.4. The second-order valence-electron chi connectivity index (χ2n) is 8.07. The molecule has 30 heavy (non-hydrogen) atoms. The molecule has 0 aliphatic heterocycles. The first kappa shape index (κ1) is 26.0. The number of unbranched alkanes of at least 4 members (excludes halogenated alkanes) is 8. The fraction of sp³-hybridized carbons (Fsp3) is 0.680. The minimum atomic E-state index is -0.705. The molecule has 0 heterocycles. The maximum atomic E-state index is 10.6. The smallest absolute Gasteiger partial charge is 0.303 e. The number of aryl methyl sites for hydroxylation is 1. The van der Waals surface area contributed by atoms with Crippen LogP contribution in [0.25, 0.3) is 0 Å². The van der Waals surface area contributed by atoms with Crippen molar-refractivity contribution in [2.24, 2.45) is 0 Å². The van der Waals surface area contributed by atoms with Crippen LogP contribution in [0.1, 0.15) is 102 Å². The Morgan fingerprint density at radius 2 is 1.30 bits per heavy atom. The molecule has 0 amide bonds. The number of carbonyl (C=O) groups is 2. The monoisotopic (exact) mass is 420 g/mol. The van der Waals surface area contributed by atoms with Crippen molar-refractivity contribution < 1.29 is 24.5 Å². The van der Waals surface area contributed by atoms with E-state index >= 15 is 0 Å². The van der Waals surface area contributed by atoms with Gasteiger partial charge in [-0.2, -0.15) is 0 Å². The van der Waals surface area contributed by atoms with Gasteiger partial charge in [-0.05, 0) is 62.1 Å². The van der Waals surface area contributed by atoms with Gasteiger partial charge in [0.15, 0.2) is 0 Å². The molecule has 0 saturated heterocycles. The standard InChI is InChI=1S/C25H40O5/c1-2-20-30-23-17-13-15-21(14-9-5-3-7-11-18-24(26)27)22(23)16-10-6-4-8-12-19-25(28)29/h13,15,17H,2-12,14,16,18-20H2,1H3,(H,26,27)(H,28,29). The summed E-state index contributed by atoms with van der Waals surface area (Å²) in [5.41, 5.74) is 2.71. The molecule has 0 aromatic heterocycles. The molecule has 0 bridgehead atoms. The molecular formula is C25H40O5. The van der Waals surface area contributed by atoms with Gasteiger partial charge in [0, 0.05) is 12.8 Å². The van der Waals surface area contributed by atoms with Crippen molar-refractivity contribution in [2.45, 2.75) is 103 Å². The quantitative estimate of drug-likeness (QED) is 0.253. The van der Waals surface area contributed by atoms with E-state index in [1.165, 1.54) is 11.1 Å². The number of carboxylic acids is 2. The summed E-state index contributed by atoms with van der Waals surface area (Å²) in [6.07, 6.45) is 13.7. The van der Waals surface area contributed by atoms with Crippen LogP contribution in [-0.2, 0) is 22.4 Å². The SMILES string of the molecule is CCCOc1cccc(CCCCCCCC(=O)O)c1CCCCCCCC(=O)O. The number of hydrogen-bond acceptors (Lipinski definition) is 3. The van der Waals surface area contributed by atoms with Crippen LogP contribution in [0.4, 0.5) is 0 Å². The lowest BCUT2D eigenvalue weighted by Gasteiger charge is -2.16. The van der Waals surface area contributed by atoms with Crippen molar-refractivity contribution in [3.05, 3.63) is 29.3 Å². The molecule has 1 aromatic carbocycles. The van der Waals surface area contributed by atoms with Crippen LogP contribution in [0.2, 0.25) is 0 Å². The molecular weight excluding hydrogens is 380 g/mol. The van der Waals surface area contributed by atoms with Gasteiger partial charge in [0.2, 0.25) is 0 Å². The molecule has 0 radical (unpaired) electrons. The summed E-state index contributed by atoms with van der Waals surface area (Å²) >= 11 is 0. The third-order valence-electron chi connectivity index (χ3n) is 5.35. The molecule has 0 saturated carbocycles. The predicted octanol–water partition coefficient (Wildman–Crippen LogP) is 6.41. The second kappa shape index (κ2) is 16.7. The van der Waals surface area contributed by atoms with E-state index in [2.05, 4.69) is 25.1 Å². The van der Waals surface area contributed by atoms with E-state index in [0.29, 0.717) is 0 Å². The van der Waals surface area contributed by atoms with Gasteiger partial charge in [-0.25, -0.2) is 0 Å². The highest BCUT2D eigenvalue weighted by Crippen LogP contribution is 2.27. The molecule has 0 atom stereocenters. The molecule has 2 N–H and O–H groups in total. The van der Waals surface area contributed by atoms with E-state index in [1.54, 1.807) is 0 Å². The van der Waals surface area contributed by atoms with E-state index in [9.17, 15) is 9.59 Å². The zero-order valence-electron chi connectivity index (χ0n) is 18.7. The fourth-order valence-electron chi connectivity index (χ4n) is 3.71.